The van der Waals surface area contributed by atoms with Gasteiger partial charge >= 0.3 is 0 Å². The maximum atomic E-state index is 5.68. The van der Waals surface area contributed by atoms with Crippen molar-refractivity contribution in [1.82, 2.24) is 0 Å². The summed E-state index contributed by atoms with van der Waals surface area (Å²) in [5, 5.41) is 4.13. The van der Waals surface area contributed by atoms with Crippen LogP contribution in [-0.2, 0) is 0 Å². The Kier molecular flexibility index (Phi) is 3.42. The highest BCUT2D eigenvalue weighted by Gasteiger charge is 2.28. The minimum Gasteiger partial charge on any atom is -0.496 e. The molecule has 2 aliphatic heterocycles. The van der Waals surface area contributed by atoms with E-state index in [1.54, 1.807) is 7.11 Å². The molecule has 2 bridgehead atoms. The minimum absolute atomic E-state index is 0.705. The second-order valence-corrected chi connectivity index (χ2v) is 7.53. The normalized spacial score (nSPS) is 24.7. The van der Waals surface area contributed by atoms with Crippen molar-refractivity contribution < 1.29 is 4.74 Å². The molecule has 1 nitrogen and oxygen atoms in total. The second-order valence-electron chi connectivity index (χ2n) is 5.99. The topological polar surface area (TPSA) is 9.23 Å². The maximum absolute atomic E-state index is 5.68. The van der Waals surface area contributed by atoms with E-state index >= 15 is 0 Å². The Morgan fingerprint density at radius 1 is 1.10 bits per heavy atom. The van der Waals surface area contributed by atoms with E-state index in [2.05, 4.69) is 54.2 Å². The number of allylic oxidation sites excluding steroid dienone is 1. The predicted molar refractivity (Wildman–Crippen MR) is 92.1 cm³/mol. The summed E-state index contributed by atoms with van der Waals surface area (Å²) in [5.41, 5.74) is 2.82. The van der Waals surface area contributed by atoms with E-state index in [1.165, 1.54) is 47.6 Å². The highest BCUT2D eigenvalue weighted by molar-refractivity contribution is 8.00. The zero-order valence-corrected chi connectivity index (χ0v) is 13.2. The van der Waals surface area contributed by atoms with Crippen LogP contribution in [0.3, 0.4) is 0 Å². The van der Waals surface area contributed by atoms with Crippen molar-refractivity contribution in [2.24, 2.45) is 0 Å². The van der Waals surface area contributed by atoms with Crippen LogP contribution in [0.15, 0.2) is 42.5 Å². The molecule has 0 amide bonds. The van der Waals surface area contributed by atoms with Crippen LogP contribution in [0.5, 0.6) is 5.75 Å². The molecule has 2 aliphatic rings. The Morgan fingerprint density at radius 2 is 2.00 bits per heavy atom. The van der Waals surface area contributed by atoms with Crippen LogP contribution < -0.4 is 4.74 Å². The molecule has 108 valence electrons. The fourth-order valence-electron chi connectivity index (χ4n) is 3.68. The van der Waals surface area contributed by atoms with Crippen molar-refractivity contribution in [2.75, 3.05) is 7.11 Å². The molecule has 0 N–H and O–H groups in total. The lowest BCUT2D eigenvalue weighted by Gasteiger charge is -2.33. The number of ether oxygens (including phenoxy) is 1. The number of hydrogen-bond acceptors (Lipinski definition) is 2. The van der Waals surface area contributed by atoms with Gasteiger partial charge in [-0.2, -0.15) is 11.8 Å². The molecule has 0 aromatic heterocycles. The van der Waals surface area contributed by atoms with Crippen molar-refractivity contribution in [1.29, 1.82) is 0 Å². The van der Waals surface area contributed by atoms with Crippen LogP contribution >= 0.6 is 11.8 Å². The molecule has 21 heavy (non-hydrogen) atoms. The number of thioether (sulfide) groups is 1. The molecule has 0 spiro atoms. The van der Waals surface area contributed by atoms with Crippen LogP contribution in [0.2, 0.25) is 0 Å². The lowest BCUT2D eigenvalue weighted by atomic mass is 9.90. The van der Waals surface area contributed by atoms with Crippen molar-refractivity contribution in [3.63, 3.8) is 0 Å². The van der Waals surface area contributed by atoms with Gasteiger partial charge in [-0.05, 0) is 41.7 Å². The van der Waals surface area contributed by atoms with E-state index in [4.69, 9.17) is 4.74 Å². The molecule has 0 saturated carbocycles. The molecule has 2 aromatic rings. The molecular formula is C19H20OS. The largest absolute Gasteiger partial charge is 0.496 e. The van der Waals surface area contributed by atoms with Crippen LogP contribution in [0.25, 0.3) is 16.3 Å². The Hall–Kier alpha value is -1.41. The van der Waals surface area contributed by atoms with Gasteiger partial charge in [0.05, 0.1) is 7.11 Å². The standard InChI is InChI=1S/C19H20OS/c1-20-18-10-9-13-5-2-3-8-17(13)19(18)14-11-15-6-4-7-16(12-14)21-15/h2-3,5,8-11,15-16H,4,6-7,12H2,1H3. The van der Waals surface area contributed by atoms with Crippen LogP contribution in [0.4, 0.5) is 0 Å². The third-order valence-corrected chi connectivity index (χ3v) is 6.16. The third kappa shape index (κ3) is 2.36. The molecule has 1 fully saturated rings. The fraction of sp³-hybridized carbons (Fsp3) is 0.368. The van der Waals surface area contributed by atoms with Crippen LogP contribution in [-0.4, -0.2) is 17.6 Å². The summed E-state index contributed by atoms with van der Waals surface area (Å²) in [6.45, 7) is 0. The zero-order valence-electron chi connectivity index (χ0n) is 12.3. The van der Waals surface area contributed by atoms with E-state index in [0.717, 1.165) is 11.0 Å². The van der Waals surface area contributed by atoms with Gasteiger partial charge in [-0.3, -0.25) is 0 Å². The van der Waals surface area contributed by atoms with E-state index in [1.807, 2.05) is 0 Å². The summed E-state index contributed by atoms with van der Waals surface area (Å²) in [5.74, 6) is 1.02. The highest BCUT2D eigenvalue weighted by atomic mass is 32.2. The molecular weight excluding hydrogens is 276 g/mol. The zero-order chi connectivity index (χ0) is 14.2. The van der Waals surface area contributed by atoms with E-state index in [-0.39, 0.29) is 0 Å². The van der Waals surface area contributed by atoms with Crippen molar-refractivity contribution in [3.8, 4) is 5.75 Å². The third-order valence-electron chi connectivity index (χ3n) is 4.65. The first-order valence-corrected chi connectivity index (χ1v) is 8.71. The summed E-state index contributed by atoms with van der Waals surface area (Å²) < 4.78 is 5.68. The fourth-order valence-corrected chi connectivity index (χ4v) is 5.30. The second kappa shape index (κ2) is 5.42. The van der Waals surface area contributed by atoms with Crippen molar-refractivity contribution in [3.05, 3.63) is 48.0 Å². The smallest absolute Gasteiger partial charge is 0.126 e. The molecule has 2 unspecified atom stereocenters. The van der Waals surface area contributed by atoms with Crippen molar-refractivity contribution in [2.45, 2.75) is 36.2 Å². The number of methoxy groups -OCH3 is 1. The Bertz CT molecular complexity index is 704. The number of hydrogen-bond donors (Lipinski definition) is 0. The Labute approximate surface area is 130 Å². The molecule has 2 heterocycles. The summed E-state index contributed by atoms with van der Waals surface area (Å²) in [4.78, 5) is 0. The van der Waals surface area contributed by atoms with Gasteiger partial charge in [-0.15, -0.1) is 0 Å². The molecule has 2 atom stereocenters. The molecule has 2 heteroatoms. The molecule has 1 saturated heterocycles. The Balaban J connectivity index is 1.90. The van der Waals surface area contributed by atoms with Crippen molar-refractivity contribution >= 4 is 28.1 Å². The summed E-state index contributed by atoms with van der Waals surface area (Å²) in [7, 11) is 1.78. The first-order valence-electron chi connectivity index (χ1n) is 7.77. The lowest BCUT2D eigenvalue weighted by molar-refractivity contribution is 0.414. The van der Waals surface area contributed by atoms with E-state index in [0.29, 0.717) is 5.25 Å². The monoisotopic (exact) mass is 296 g/mol. The van der Waals surface area contributed by atoms with Gasteiger partial charge in [0.15, 0.2) is 0 Å². The van der Waals surface area contributed by atoms with E-state index < -0.39 is 0 Å². The summed E-state index contributed by atoms with van der Waals surface area (Å²) >= 11 is 2.17. The lowest BCUT2D eigenvalue weighted by Crippen LogP contribution is -2.21. The quantitative estimate of drug-likeness (QED) is 0.744. The van der Waals surface area contributed by atoms with Crippen LogP contribution in [0, 0.1) is 0 Å². The van der Waals surface area contributed by atoms with Gasteiger partial charge in [0, 0.05) is 16.1 Å². The molecule has 2 aromatic carbocycles. The van der Waals surface area contributed by atoms with Crippen LogP contribution in [0.1, 0.15) is 31.2 Å². The molecule has 0 aliphatic carbocycles. The van der Waals surface area contributed by atoms with Gasteiger partial charge in [-0.1, -0.05) is 42.8 Å². The van der Waals surface area contributed by atoms with E-state index in [9.17, 15) is 0 Å². The average Bonchev–Trinajstić information content (AvgIpc) is 2.53. The SMILES string of the molecule is COc1ccc2ccccc2c1C1=CC2CCCC(C1)S2. The summed E-state index contributed by atoms with van der Waals surface area (Å²) in [6.07, 6.45) is 7.78. The van der Waals surface area contributed by atoms with Gasteiger partial charge in [0.2, 0.25) is 0 Å². The first kappa shape index (κ1) is 13.3. The van der Waals surface area contributed by atoms with Gasteiger partial charge in [0.1, 0.15) is 5.75 Å². The predicted octanol–water partition coefficient (Wildman–Crippen LogP) is 5.29. The average molecular weight is 296 g/mol. The minimum atomic E-state index is 0.705. The van der Waals surface area contributed by atoms with Gasteiger partial charge < -0.3 is 4.74 Å². The molecule has 0 radical (unpaired) electrons. The number of fused-ring (bicyclic) bond motifs is 3. The highest BCUT2D eigenvalue weighted by Crippen LogP contribution is 2.46. The van der Waals surface area contributed by atoms with Gasteiger partial charge in [-0.25, -0.2) is 0 Å². The first-order chi connectivity index (χ1) is 10.3. The molecule has 4 rings (SSSR count). The maximum Gasteiger partial charge on any atom is 0.126 e. The summed E-state index contributed by atoms with van der Waals surface area (Å²) in [6, 6.07) is 12.9. The Morgan fingerprint density at radius 3 is 2.86 bits per heavy atom. The number of rotatable bonds is 2. The number of benzene rings is 2. The van der Waals surface area contributed by atoms with Gasteiger partial charge in [0.25, 0.3) is 0 Å².